The van der Waals surface area contributed by atoms with Gasteiger partial charge in [-0.15, -0.1) is 0 Å². The van der Waals surface area contributed by atoms with Gasteiger partial charge in [-0.05, 0) is 25.7 Å². The van der Waals surface area contributed by atoms with Gasteiger partial charge in [-0.25, -0.2) is 0 Å². The number of carbonyl (C=O) groups excluding carboxylic acids is 4. The first kappa shape index (κ1) is 37.7. The summed E-state index contributed by atoms with van der Waals surface area (Å²) in [7, 11) is -0.792. The van der Waals surface area contributed by atoms with E-state index in [1.54, 1.807) is 0 Å². The summed E-state index contributed by atoms with van der Waals surface area (Å²) in [6, 6.07) is -1.73. The van der Waals surface area contributed by atoms with Gasteiger partial charge in [-0.2, -0.15) is 0 Å². The van der Waals surface area contributed by atoms with E-state index in [1.807, 2.05) is 0 Å². The van der Waals surface area contributed by atoms with Crippen LogP contribution in [0.1, 0.15) is 32.1 Å². The lowest BCUT2D eigenvalue weighted by Gasteiger charge is -2.10. The molecular formula is C23H44N5O11P. The molecule has 0 aliphatic carbocycles. The first-order valence-corrected chi connectivity index (χ1v) is 13.9. The molecule has 0 aromatic heterocycles. The molecule has 9 N–H and O–H groups in total. The molecule has 0 rings (SSSR count). The Morgan fingerprint density at radius 1 is 0.650 bits per heavy atom. The molecule has 3 unspecified atom stereocenters. The Labute approximate surface area is 235 Å². The topological polar surface area (TPSA) is 251 Å². The molecule has 16 nitrogen and oxygen atoms in total. The summed E-state index contributed by atoms with van der Waals surface area (Å²) in [6.45, 7) is 2.12. The van der Waals surface area contributed by atoms with Crippen LogP contribution in [-0.2, 0) is 42.9 Å². The Kier molecular flexibility index (Phi) is 24.2. The number of carboxylic acids is 1. The zero-order valence-corrected chi connectivity index (χ0v) is 23.7. The van der Waals surface area contributed by atoms with Crippen LogP contribution in [0, 0.1) is 0 Å². The fourth-order valence-electron chi connectivity index (χ4n) is 2.83. The van der Waals surface area contributed by atoms with Gasteiger partial charge in [0, 0.05) is 26.1 Å². The molecule has 0 bridgehead atoms. The van der Waals surface area contributed by atoms with E-state index < -0.39 is 26.9 Å². The second-order valence-electron chi connectivity index (χ2n) is 8.44. The van der Waals surface area contributed by atoms with Crippen LogP contribution in [0.5, 0.6) is 0 Å². The molecule has 0 aliphatic rings. The third-order valence-electron chi connectivity index (χ3n) is 5.06. The van der Waals surface area contributed by atoms with Gasteiger partial charge >= 0.3 is 5.97 Å². The monoisotopic (exact) mass is 597 g/mol. The van der Waals surface area contributed by atoms with Crippen molar-refractivity contribution < 1.29 is 52.9 Å². The van der Waals surface area contributed by atoms with Crippen LogP contribution in [0.4, 0.5) is 0 Å². The number of ether oxygens (including phenoxy) is 4. The summed E-state index contributed by atoms with van der Waals surface area (Å²) in [6.07, 6.45) is 1.84. The van der Waals surface area contributed by atoms with Crippen LogP contribution in [-0.4, -0.2) is 124 Å². The van der Waals surface area contributed by atoms with E-state index in [0.717, 1.165) is 0 Å². The van der Waals surface area contributed by atoms with Crippen LogP contribution in [0.3, 0.4) is 0 Å². The maximum absolute atomic E-state index is 11.7. The highest BCUT2D eigenvalue weighted by molar-refractivity contribution is 7.52. The van der Waals surface area contributed by atoms with Crippen molar-refractivity contribution in [2.45, 2.75) is 44.2 Å². The van der Waals surface area contributed by atoms with Gasteiger partial charge in [0.2, 0.25) is 17.7 Å². The van der Waals surface area contributed by atoms with Crippen LogP contribution in [0.15, 0.2) is 0 Å². The number of unbranched alkanes of at least 4 members (excludes halogenated alkanes) is 1. The quantitative estimate of drug-likeness (QED) is 0.0374. The van der Waals surface area contributed by atoms with Crippen LogP contribution < -0.4 is 27.4 Å². The van der Waals surface area contributed by atoms with Crippen LogP contribution in [0.25, 0.3) is 0 Å². The summed E-state index contributed by atoms with van der Waals surface area (Å²) in [4.78, 5) is 65.4. The van der Waals surface area contributed by atoms with Gasteiger partial charge in [0.1, 0.15) is 19.3 Å². The highest BCUT2D eigenvalue weighted by Gasteiger charge is 2.13. The van der Waals surface area contributed by atoms with E-state index in [2.05, 4.69) is 16.0 Å². The summed E-state index contributed by atoms with van der Waals surface area (Å²) in [5.41, 5.74) is 10.6. The standard InChI is InChI=1S/C23H44N5O11P/c24-17(22(32)33)4-5-19(29)27-7-9-36-11-14-39-16-21(31)28-8-10-37-12-13-38-15-20(30)26-6-2-1-3-18(25)23(34)40-35/h17-18,35,40H,1-16,24-25H2,(H,26,30)(H,27,29)(H,28,31)(H,32,33). The summed E-state index contributed by atoms with van der Waals surface area (Å²) in [5.74, 6) is -2.04. The maximum atomic E-state index is 11.7. The molecule has 232 valence electrons. The van der Waals surface area contributed by atoms with Crippen molar-refractivity contribution in [3.05, 3.63) is 0 Å². The lowest BCUT2D eigenvalue weighted by atomic mass is 10.1. The zero-order valence-electron chi connectivity index (χ0n) is 22.7. The molecule has 3 amide bonds. The first-order chi connectivity index (χ1) is 19.2. The number of hydrogen-bond donors (Lipinski definition) is 7. The largest absolute Gasteiger partial charge is 0.480 e. The molecule has 0 fully saturated rings. The van der Waals surface area contributed by atoms with Gasteiger partial charge in [-0.3, -0.25) is 24.0 Å². The maximum Gasteiger partial charge on any atom is 0.320 e. The normalized spacial score (nSPS) is 12.7. The number of carboxylic acid groups (broad SMARTS) is 1. The number of amides is 3. The predicted octanol–water partition coefficient (Wildman–Crippen LogP) is -2.80. The molecule has 0 heterocycles. The molecule has 17 heteroatoms. The lowest BCUT2D eigenvalue weighted by Crippen LogP contribution is -2.33. The molecular weight excluding hydrogens is 553 g/mol. The number of nitrogens with one attached hydrogen (secondary N) is 3. The Morgan fingerprint density at radius 2 is 1.15 bits per heavy atom. The van der Waals surface area contributed by atoms with Crippen molar-refractivity contribution in [3.8, 4) is 0 Å². The van der Waals surface area contributed by atoms with E-state index >= 15 is 0 Å². The Balaban J connectivity index is 3.43. The van der Waals surface area contributed by atoms with Crippen LogP contribution >= 0.6 is 8.81 Å². The number of hydrogen-bond acceptors (Lipinski definition) is 12. The highest BCUT2D eigenvalue weighted by atomic mass is 31.1. The van der Waals surface area contributed by atoms with Gasteiger partial charge < -0.3 is 56.4 Å². The van der Waals surface area contributed by atoms with Crippen molar-refractivity contribution in [2.75, 3.05) is 72.5 Å². The average Bonchev–Trinajstić information content (AvgIpc) is 2.93. The third-order valence-corrected chi connectivity index (χ3v) is 5.65. The number of carbonyl (C=O) groups is 5. The molecule has 0 saturated heterocycles. The second kappa shape index (κ2) is 25.7. The Bertz CT molecular complexity index is 748. The molecule has 0 aliphatic heterocycles. The molecule has 3 atom stereocenters. The second-order valence-corrected chi connectivity index (χ2v) is 9.16. The zero-order chi connectivity index (χ0) is 30.0. The molecule has 0 radical (unpaired) electrons. The van der Waals surface area contributed by atoms with Crippen molar-refractivity contribution in [3.63, 3.8) is 0 Å². The highest BCUT2D eigenvalue weighted by Crippen LogP contribution is 2.10. The van der Waals surface area contributed by atoms with E-state index in [4.69, 9.17) is 40.4 Å². The summed E-state index contributed by atoms with van der Waals surface area (Å²) < 4.78 is 21.0. The molecule has 0 spiro atoms. The van der Waals surface area contributed by atoms with Crippen molar-refractivity contribution in [1.82, 2.24) is 16.0 Å². The van der Waals surface area contributed by atoms with Crippen molar-refractivity contribution in [2.24, 2.45) is 11.5 Å². The van der Waals surface area contributed by atoms with Gasteiger partial charge in [-0.1, -0.05) is 0 Å². The summed E-state index contributed by atoms with van der Waals surface area (Å²) >= 11 is 0. The minimum atomic E-state index is -1.15. The van der Waals surface area contributed by atoms with Gasteiger partial charge in [0.25, 0.3) is 0 Å². The van der Waals surface area contributed by atoms with E-state index in [1.165, 1.54) is 0 Å². The summed E-state index contributed by atoms with van der Waals surface area (Å²) in [5, 5.41) is 16.6. The molecule has 40 heavy (non-hydrogen) atoms. The van der Waals surface area contributed by atoms with Gasteiger partial charge in [0.15, 0.2) is 5.52 Å². The lowest BCUT2D eigenvalue weighted by molar-refractivity contribution is -0.138. The molecule has 0 aromatic rings. The van der Waals surface area contributed by atoms with Crippen molar-refractivity contribution >= 4 is 38.0 Å². The SMILES string of the molecule is NC(CCC(=O)NCCOCCOCC(=O)NCCOCCOCC(=O)NCCCCC(N)C(=O)PO)C(=O)O. The Hall–Kier alpha value is -2.30. The smallest absolute Gasteiger partial charge is 0.320 e. The van der Waals surface area contributed by atoms with Crippen LogP contribution in [0.2, 0.25) is 0 Å². The van der Waals surface area contributed by atoms with E-state index in [-0.39, 0.29) is 102 Å². The minimum Gasteiger partial charge on any atom is -0.480 e. The van der Waals surface area contributed by atoms with E-state index in [0.29, 0.717) is 25.8 Å². The van der Waals surface area contributed by atoms with Crippen molar-refractivity contribution in [1.29, 1.82) is 0 Å². The van der Waals surface area contributed by atoms with Gasteiger partial charge in [0.05, 0.1) is 54.5 Å². The van der Waals surface area contributed by atoms with E-state index in [9.17, 15) is 24.0 Å². The average molecular weight is 598 g/mol. The molecule has 0 saturated carbocycles. The fourth-order valence-corrected chi connectivity index (χ4v) is 3.14. The number of nitrogens with two attached hydrogens (primary N) is 2. The third kappa shape index (κ3) is 23.6. The number of rotatable bonds is 27. The fraction of sp³-hybridized carbons (Fsp3) is 0.783. The molecule has 0 aromatic carbocycles. The minimum absolute atomic E-state index is 0.0153. The first-order valence-electron chi connectivity index (χ1n) is 13.0. The predicted molar refractivity (Wildman–Crippen MR) is 145 cm³/mol. The Morgan fingerprint density at radius 3 is 1.68 bits per heavy atom. The number of aliphatic carboxylic acids is 1.